The summed E-state index contributed by atoms with van der Waals surface area (Å²) in [6, 6.07) is 0. The van der Waals surface area contributed by atoms with E-state index in [1.54, 1.807) is 12.2 Å². The topological polar surface area (TPSA) is 48.1 Å². The molecule has 2 aliphatic heterocycles. The standard InChI is InChI=1S/C15H20O4/c1-4-5-10-7-15(8-13-14(2,3)19-13)12(6-11(10)16)17-9-18-15/h4,6,10,13H,1,5,7-9H2,2-3H3/t10-,13+,15+/m1/s1. The van der Waals surface area contributed by atoms with Crippen LogP contribution in [0.2, 0.25) is 0 Å². The van der Waals surface area contributed by atoms with E-state index >= 15 is 0 Å². The molecule has 2 saturated heterocycles. The third kappa shape index (κ3) is 2.13. The number of fused-ring (bicyclic) bond motifs is 1. The molecule has 4 nitrogen and oxygen atoms in total. The Kier molecular flexibility index (Phi) is 2.84. The van der Waals surface area contributed by atoms with Gasteiger partial charge in [-0.25, -0.2) is 0 Å². The van der Waals surface area contributed by atoms with Crippen LogP contribution in [0.4, 0.5) is 0 Å². The summed E-state index contributed by atoms with van der Waals surface area (Å²) < 4.78 is 17.0. The van der Waals surface area contributed by atoms with Gasteiger partial charge in [-0.05, 0) is 26.7 Å². The van der Waals surface area contributed by atoms with E-state index in [1.165, 1.54) is 0 Å². The molecule has 19 heavy (non-hydrogen) atoms. The molecule has 4 heteroatoms. The van der Waals surface area contributed by atoms with Crippen LogP contribution < -0.4 is 0 Å². The Morgan fingerprint density at radius 3 is 2.89 bits per heavy atom. The molecular formula is C15H20O4. The van der Waals surface area contributed by atoms with E-state index in [4.69, 9.17) is 14.2 Å². The quantitative estimate of drug-likeness (QED) is 0.577. The number of ketones is 1. The van der Waals surface area contributed by atoms with Gasteiger partial charge in [0.25, 0.3) is 0 Å². The highest BCUT2D eigenvalue weighted by Gasteiger charge is 2.57. The molecule has 0 spiro atoms. The van der Waals surface area contributed by atoms with E-state index in [0.29, 0.717) is 18.6 Å². The molecule has 2 heterocycles. The van der Waals surface area contributed by atoms with E-state index in [0.717, 1.165) is 6.42 Å². The normalized spacial score (nSPS) is 39.3. The van der Waals surface area contributed by atoms with Crippen molar-refractivity contribution in [2.45, 2.75) is 50.4 Å². The minimum absolute atomic E-state index is 0.0511. The summed E-state index contributed by atoms with van der Waals surface area (Å²) in [5.74, 6) is 0.751. The molecular weight excluding hydrogens is 244 g/mol. The maximum Gasteiger partial charge on any atom is 0.189 e. The van der Waals surface area contributed by atoms with Crippen molar-refractivity contribution >= 4 is 5.78 Å². The fraction of sp³-hybridized carbons (Fsp3) is 0.667. The first-order valence-corrected chi connectivity index (χ1v) is 6.78. The van der Waals surface area contributed by atoms with E-state index in [1.807, 2.05) is 0 Å². The lowest BCUT2D eigenvalue weighted by Crippen LogP contribution is -2.40. The second-order valence-electron chi connectivity index (χ2n) is 6.15. The zero-order valence-corrected chi connectivity index (χ0v) is 11.5. The van der Waals surface area contributed by atoms with Gasteiger partial charge in [0.05, 0.1) is 11.7 Å². The Bertz CT molecular complexity index is 451. The SMILES string of the molecule is C=CC[C@@H]1C[C@@]2(C[C@@H]3OC3(C)C)OCOC2=CC1=O. The summed E-state index contributed by atoms with van der Waals surface area (Å²) in [5.41, 5.74) is -0.554. The van der Waals surface area contributed by atoms with Crippen molar-refractivity contribution < 1.29 is 19.0 Å². The van der Waals surface area contributed by atoms with E-state index in [-0.39, 0.29) is 30.2 Å². The Hall–Kier alpha value is -1.13. The third-order valence-electron chi connectivity index (χ3n) is 4.38. The molecule has 3 rings (SSSR count). The van der Waals surface area contributed by atoms with Gasteiger partial charge in [-0.1, -0.05) is 6.08 Å². The zero-order valence-electron chi connectivity index (χ0n) is 11.5. The molecule has 0 saturated carbocycles. The highest BCUT2D eigenvalue weighted by molar-refractivity contribution is 5.93. The van der Waals surface area contributed by atoms with Crippen molar-refractivity contribution in [2.75, 3.05) is 6.79 Å². The lowest BCUT2D eigenvalue weighted by atomic mass is 9.76. The molecule has 1 aliphatic carbocycles. The second kappa shape index (κ2) is 4.18. The van der Waals surface area contributed by atoms with Crippen LogP contribution in [-0.2, 0) is 19.0 Å². The van der Waals surface area contributed by atoms with Gasteiger partial charge in [0.1, 0.15) is 11.4 Å². The zero-order chi connectivity index (χ0) is 13.7. The van der Waals surface area contributed by atoms with Crippen LogP contribution in [0.25, 0.3) is 0 Å². The van der Waals surface area contributed by atoms with Crippen molar-refractivity contribution in [1.29, 1.82) is 0 Å². The Morgan fingerprint density at radius 1 is 1.53 bits per heavy atom. The maximum atomic E-state index is 12.0. The van der Waals surface area contributed by atoms with Crippen molar-refractivity contribution in [2.24, 2.45) is 5.92 Å². The molecule has 0 aromatic heterocycles. The van der Waals surface area contributed by atoms with Crippen LogP contribution in [0.5, 0.6) is 0 Å². The largest absolute Gasteiger partial charge is 0.469 e. The number of epoxide rings is 1. The van der Waals surface area contributed by atoms with Gasteiger partial charge in [-0.2, -0.15) is 0 Å². The number of hydrogen-bond acceptors (Lipinski definition) is 4. The lowest BCUT2D eigenvalue weighted by Gasteiger charge is -2.33. The van der Waals surface area contributed by atoms with Crippen LogP contribution in [0.1, 0.15) is 33.1 Å². The molecule has 0 amide bonds. The van der Waals surface area contributed by atoms with Gasteiger partial charge in [0, 0.05) is 18.4 Å². The summed E-state index contributed by atoms with van der Waals surface area (Å²) in [5, 5.41) is 0. The lowest BCUT2D eigenvalue weighted by molar-refractivity contribution is -0.122. The number of allylic oxidation sites excluding steroid dienone is 2. The van der Waals surface area contributed by atoms with Crippen LogP contribution in [0.3, 0.4) is 0 Å². The van der Waals surface area contributed by atoms with Gasteiger partial charge < -0.3 is 14.2 Å². The summed E-state index contributed by atoms with van der Waals surface area (Å²) in [4.78, 5) is 12.0. The van der Waals surface area contributed by atoms with Gasteiger partial charge in [0.15, 0.2) is 12.6 Å². The smallest absolute Gasteiger partial charge is 0.189 e. The van der Waals surface area contributed by atoms with Gasteiger partial charge in [0.2, 0.25) is 0 Å². The molecule has 0 radical (unpaired) electrons. The summed E-state index contributed by atoms with van der Waals surface area (Å²) in [6.07, 6.45) is 5.69. The maximum absolute atomic E-state index is 12.0. The number of ether oxygens (including phenoxy) is 3. The average molecular weight is 264 g/mol. The molecule has 0 aromatic rings. The second-order valence-corrected chi connectivity index (χ2v) is 6.15. The predicted molar refractivity (Wildman–Crippen MR) is 69.3 cm³/mol. The number of hydrogen-bond donors (Lipinski definition) is 0. The molecule has 0 unspecified atom stereocenters. The van der Waals surface area contributed by atoms with Gasteiger partial charge in [-0.15, -0.1) is 6.58 Å². The Labute approximate surface area is 113 Å². The van der Waals surface area contributed by atoms with Crippen molar-refractivity contribution in [3.8, 4) is 0 Å². The van der Waals surface area contributed by atoms with Crippen molar-refractivity contribution in [1.82, 2.24) is 0 Å². The molecule has 104 valence electrons. The van der Waals surface area contributed by atoms with E-state index in [9.17, 15) is 4.79 Å². The number of carbonyl (C=O) groups excluding carboxylic acids is 1. The highest BCUT2D eigenvalue weighted by atomic mass is 16.7. The Balaban J connectivity index is 1.83. The van der Waals surface area contributed by atoms with Gasteiger partial charge in [-0.3, -0.25) is 4.79 Å². The average Bonchev–Trinajstić information content (AvgIpc) is 2.74. The molecule has 0 aromatic carbocycles. The van der Waals surface area contributed by atoms with Crippen LogP contribution in [-0.4, -0.2) is 29.9 Å². The summed E-state index contributed by atoms with van der Waals surface area (Å²) in [6.45, 7) is 8.10. The molecule has 3 aliphatic rings. The molecule has 0 N–H and O–H groups in total. The molecule has 0 bridgehead atoms. The monoisotopic (exact) mass is 264 g/mol. The minimum atomic E-state index is -0.472. The summed E-state index contributed by atoms with van der Waals surface area (Å²) >= 11 is 0. The van der Waals surface area contributed by atoms with E-state index in [2.05, 4.69) is 20.4 Å². The van der Waals surface area contributed by atoms with Crippen molar-refractivity contribution in [3.05, 3.63) is 24.5 Å². The van der Waals surface area contributed by atoms with Crippen LogP contribution >= 0.6 is 0 Å². The molecule has 3 atom stereocenters. The summed E-state index contributed by atoms with van der Waals surface area (Å²) in [7, 11) is 0. The van der Waals surface area contributed by atoms with Crippen molar-refractivity contribution in [3.63, 3.8) is 0 Å². The molecule has 2 fully saturated rings. The number of rotatable bonds is 4. The first-order valence-electron chi connectivity index (χ1n) is 6.78. The van der Waals surface area contributed by atoms with E-state index < -0.39 is 5.60 Å². The minimum Gasteiger partial charge on any atom is -0.469 e. The third-order valence-corrected chi connectivity index (χ3v) is 4.38. The van der Waals surface area contributed by atoms with Crippen LogP contribution in [0.15, 0.2) is 24.5 Å². The van der Waals surface area contributed by atoms with Crippen LogP contribution in [0, 0.1) is 5.92 Å². The first kappa shape index (κ1) is 12.9. The highest BCUT2D eigenvalue weighted by Crippen LogP contribution is 2.49. The first-order chi connectivity index (χ1) is 8.97. The van der Waals surface area contributed by atoms with Gasteiger partial charge >= 0.3 is 0 Å². The Morgan fingerprint density at radius 2 is 2.26 bits per heavy atom. The predicted octanol–water partition coefficient (Wildman–Crippen LogP) is 2.35. The fourth-order valence-corrected chi connectivity index (χ4v) is 3.05. The fourth-order valence-electron chi connectivity index (χ4n) is 3.05. The number of carbonyl (C=O) groups is 1.